The molecule has 2 unspecified atom stereocenters. The second kappa shape index (κ2) is 6.52. The molecular weight excluding hydrogens is 256 g/mol. The van der Waals surface area contributed by atoms with Gasteiger partial charge in [-0.1, -0.05) is 30.3 Å². The van der Waals surface area contributed by atoms with E-state index in [1.807, 2.05) is 30.3 Å². The van der Waals surface area contributed by atoms with Crippen molar-refractivity contribution in [1.82, 2.24) is 5.32 Å². The van der Waals surface area contributed by atoms with Gasteiger partial charge in [0.15, 0.2) is 0 Å². The fraction of sp³-hybridized carbons (Fsp3) is 0.467. The van der Waals surface area contributed by atoms with Gasteiger partial charge in [0.1, 0.15) is 0 Å². The smallest absolute Gasteiger partial charge is 0.303 e. The van der Waals surface area contributed by atoms with E-state index in [-0.39, 0.29) is 24.8 Å². The molecule has 0 saturated heterocycles. The number of nitrogens with one attached hydrogen (secondary N) is 1. The van der Waals surface area contributed by atoms with Crippen molar-refractivity contribution in [2.45, 2.75) is 37.8 Å². The van der Waals surface area contributed by atoms with Gasteiger partial charge < -0.3 is 16.2 Å². The third kappa shape index (κ3) is 4.06. The van der Waals surface area contributed by atoms with Crippen LogP contribution in [-0.4, -0.2) is 23.0 Å². The van der Waals surface area contributed by atoms with E-state index in [0.717, 1.165) is 18.4 Å². The summed E-state index contributed by atoms with van der Waals surface area (Å²) < 4.78 is 0. The number of amides is 1. The Kier molecular flexibility index (Phi) is 4.74. The van der Waals surface area contributed by atoms with Crippen LogP contribution >= 0.6 is 0 Å². The highest BCUT2D eigenvalue weighted by molar-refractivity contribution is 5.82. The third-order valence-corrected chi connectivity index (χ3v) is 3.56. The number of carbonyl (C=O) groups is 2. The van der Waals surface area contributed by atoms with E-state index >= 15 is 0 Å². The molecule has 1 amide bonds. The van der Waals surface area contributed by atoms with Gasteiger partial charge in [-0.25, -0.2) is 0 Å². The quantitative estimate of drug-likeness (QED) is 0.702. The number of rotatable bonds is 7. The maximum atomic E-state index is 12.0. The van der Waals surface area contributed by atoms with Gasteiger partial charge in [0.05, 0.1) is 12.1 Å². The lowest BCUT2D eigenvalue weighted by Crippen LogP contribution is -2.43. The van der Waals surface area contributed by atoms with Crippen molar-refractivity contribution in [3.63, 3.8) is 0 Å². The van der Waals surface area contributed by atoms with Crippen molar-refractivity contribution in [1.29, 1.82) is 0 Å². The van der Waals surface area contributed by atoms with Crippen LogP contribution in [-0.2, 0) is 9.59 Å². The Bertz CT molecular complexity index is 471. The van der Waals surface area contributed by atoms with Crippen LogP contribution in [0, 0.1) is 5.92 Å². The molecule has 20 heavy (non-hydrogen) atoms. The monoisotopic (exact) mass is 276 g/mol. The summed E-state index contributed by atoms with van der Waals surface area (Å²) in [7, 11) is 0. The largest absolute Gasteiger partial charge is 0.481 e. The standard InChI is InChI=1S/C15H20N2O3/c16-12(8-9-13(18)19)15(20)17-14(11-6-7-11)10-4-2-1-3-5-10/h1-5,11-12,14H,6-9,16H2,(H,17,20)(H,18,19). The predicted molar refractivity (Wildman–Crippen MR) is 74.9 cm³/mol. The molecule has 0 bridgehead atoms. The molecule has 1 aromatic rings. The average molecular weight is 276 g/mol. The molecule has 5 nitrogen and oxygen atoms in total. The topological polar surface area (TPSA) is 92.4 Å². The molecule has 1 aliphatic rings. The summed E-state index contributed by atoms with van der Waals surface area (Å²) in [6, 6.07) is 9.03. The maximum Gasteiger partial charge on any atom is 0.303 e. The summed E-state index contributed by atoms with van der Waals surface area (Å²) in [6.45, 7) is 0. The van der Waals surface area contributed by atoms with Gasteiger partial charge in [-0.2, -0.15) is 0 Å². The average Bonchev–Trinajstić information content (AvgIpc) is 3.27. The van der Waals surface area contributed by atoms with E-state index in [2.05, 4.69) is 5.32 Å². The lowest BCUT2D eigenvalue weighted by Gasteiger charge is -2.21. The Labute approximate surface area is 118 Å². The summed E-state index contributed by atoms with van der Waals surface area (Å²) in [4.78, 5) is 22.5. The van der Waals surface area contributed by atoms with Crippen LogP contribution in [0.3, 0.4) is 0 Å². The van der Waals surface area contributed by atoms with E-state index in [9.17, 15) is 9.59 Å². The number of carboxylic acids is 1. The third-order valence-electron chi connectivity index (χ3n) is 3.56. The Hall–Kier alpha value is -1.88. The van der Waals surface area contributed by atoms with Crippen LogP contribution in [0.4, 0.5) is 0 Å². The van der Waals surface area contributed by atoms with Gasteiger partial charge in [-0.05, 0) is 30.7 Å². The Morgan fingerprint density at radius 2 is 1.95 bits per heavy atom. The van der Waals surface area contributed by atoms with Gasteiger partial charge in [0.25, 0.3) is 0 Å². The van der Waals surface area contributed by atoms with E-state index < -0.39 is 12.0 Å². The molecule has 1 aromatic carbocycles. The normalized spacial score (nSPS) is 17.2. The van der Waals surface area contributed by atoms with Gasteiger partial charge >= 0.3 is 5.97 Å². The molecule has 0 heterocycles. The van der Waals surface area contributed by atoms with Gasteiger partial charge in [-0.3, -0.25) is 9.59 Å². The Morgan fingerprint density at radius 1 is 1.30 bits per heavy atom. The van der Waals surface area contributed by atoms with E-state index in [0.29, 0.717) is 5.92 Å². The molecule has 0 radical (unpaired) electrons. The highest BCUT2D eigenvalue weighted by Crippen LogP contribution is 2.40. The summed E-state index contributed by atoms with van der Waals surface area (Å²) in [5.74, 6) is -0.741. The zero-order chi connectivity index (χ0) is 14.5. The first-order valence-electron chi connectivity index (χ1n) is 6.90. The number of nitrogens with two attached hydrogens (primary N) is 1. The highest BCUT2D eigenvalue weighted by atomic mass is 16.4. The molecular formula is C15H20N2O3. The highest BCUT2D eigenvalue weighted by Gasteiger charge is 2.34. The minimum absolute atomic E-state index is 0.0143. The number of hydrogen-bond acceptors (Lipinski definition) is 3. The van der Waals surface area contributed by atoms with E-state index in [1.54, 1.807) is 0 Å². The Morgan fingerprint density at radius 3 is 2.50 bits per heavy atom. The van der Waals surface area contributed by atoms with Crippen molar-refractivity contribution >= 4 is 11.9 Å². The number of carbonyl (C=O) groups excluding carboxylic acids is 1. The van der Waals surface area contributed by atoms with Crippen molar-refractivity contribution in [2.75, 3.05) is 0 Å². The molecule has 2 atom stereocenters. The summed E-state index contributed by atoms with van der Waals surface area (Å²) >= 11 is 0. The molecule has 108 valence electrons. The summed E-state index contributed by atoms with van der Waals surface area (Å²) in [5, 5.41) is 11.6. The van der Waals surface area contributed by atoms with Crippen molar-refractivity contribution in [3.05, 3.63) is 35.9 Å². The number of carboxylic acid groups (broad SMARTS) is 1. The van der Waals surface area contributed by atoms with Crippen molar-refractivity contribution < 1.29 is 14.7 Å². The van der Waals surface area contributed by atoms with Crippen molar-refractivity contribution in [3.8, 4) is 0 Å². The molecule has 1 saturated carbocycles. The molecule has 0 spiro atoms. The Balaban J connectivity index is 1.95. The minimum Gasteiger partial charge on any atom is -0.481 e. The van der Waals surface area contributed by atoms with Gasteiger partial charge in [0.2, 0.25) is 5.91 Å². The second-order valence-corrected chi connectivity index (χ2v) is 5.27. The zero-order valence-electron chi connectivity index (χ0n) is 11.3. The maximum absolute atomic E-state index is 12.0. The molecule has 0 aliphatic heterocycles. The summed E-state index contributed by atoms with van der Waals surface area (Å²) in [5.41, 5.74) is 6.81. The molecule has 1 aliphatic carbocycles. The fourth-order valence-corrected chi connectivity index (χ4v) is 2.23. The first-order chi connectivity index (χ1) is 9.58. The molecule has 2 rings (SSSR count). The molecule has 1 fully saturated rings. The van der Waals surface area contributed by atoms with Crippen LogP contribution in [0.25, 0.3) is 0 Å². The predicted octanol–water partition coefficient (Wildman–Crippen LogP) is 1.45. The van der Waals surface area contributed by atoms with Crippen LogP contribution in [0.1, 0.15) is 37.3 Å². The SMILES string of the molecule is NC(CCC(=O)O)C(=O)NC(c1ccccc1)C1CC1. The zero-order valence-corrected chi connectivity index (χ0v) is 11.3. The lowest BCUT2D eigenvalue weighted by atomic mass is 10.0. The van der Waals surface area contributed by atoms with E-state index in [4.69, 9.17) is 10.8 Å². The second-order valence-electron chi connectivity index (χ2n) is 5.27. The molecule has 4 N–H and O–H groups in total. The number of hydrogen-bond donors (Lipinski definition) is 3. The fourth-order valence-electron chi connectivity index (χ4n) is 2.23. The summed E-state index contributed by atoms with van der Waals surface area (Å²) in [6.07, 6.45) is 2.27. The molecule has 5 heteroatoms. The minimum atomic E-state index is -0.935. The van der Waals surface area contributed by atoms with Crippen LogP contribution in [0.2, 0.25) is 0 Å². The van der Waals surface area contributed by atoms with Gasteiger partial charge in [-0.15, -0.1) is 0 Å². The van der Waals surface area contributed by atoms with Gasteiger partial charge in [0, 0.05) is 6.42 Å². The van der Waals surface area contributed by atoms with Crippen LogP contribution in [0.5, 0.6) is 0 Å². The van der Waals surface area contributed by atoms with Crippen LogP contribution in [0.15, 0.2) is 30.3 Å². The van der Waals surface area contributed by atoms with Crippen LogP contribution < -0.4 is 11.1 Å². The first kappa shape index (κ1) is 14.5. The van der Waals surface area contributed by atoms with E-state index in [1.165, 1.54) is 0 Å². The number of benzene rings is 1. The van der Waals surface area contributed by atoms with Crippen molar-refractivity contribution in [2.24, 2.45) is 11.7 Å². The lowest BCUT2D eigenvalue weighted by molar-refractivity contribution is -0.137. The molecule has 0 aromatic heterocycles. The first-order valence-corrected chi connectivity index (χ1v) is 6.90. The number of aliphatic carboxylic acids is 1.